The molecule has 22 heavy (non-hydrogen) atoms. The van der Waals surface area contributed by atoms with E-state index in [-0.39, 0.29) is 12.5 Å². The number of rotatable bonds is 4. The number of benzene rings is 1. The third-order valence-electron chi connectivity index (χ3n) is 3.68. The van der Waals surface area contributed by atoms with Crippen LogP contribution in [0.5, 0.6) is 0 Å². The Hall–Kier alpha value is -1.97. The Morgan fingerprint density at radius 2 is 1.55 bits per heavy atom. The van der Waals surface area contributed by atoms with Crippen LogP contribution in [0.2, 0.25) is 5.02 Å². The van der Waals surface area contributed by atoms with Crippen molar-refractivity contribution in [1.29, 1.82) is 0 Å². The molecule has 4 heteroatoms. The van der Waals surface area contributed by atoms with Crippen molar-refractivity contribution in [3.63, 3.8) is 0 Å². The van der Waals surface area contributed by atoms with E-state index < -0.39 is 0 Å². The van der Waals surface area contributed by atoms with Crippen molar-refractivity contribution >= 4 is 11.6 Å². The maximum Gasteiger partial charge on any atom is 0.119 e. The van der Waals surface area contributed by atoms with Crippen LogP contribution < -0.4 is 0 Å². The van der Waals surface area contributed by atoms with E-state index in [2.05, 4.69) is 0 Å². The second-order valence-electron chi connectivity index (χ2n) is 5.33. The average molecular weight is 317 g/mol. The van der Waals surface area contributed by atoms with Gasteiger partial charge in [0.1, 0.15) is 29.0 Å². The summed E-state index contributed by atoms with van der Waals surface area (Å²) in [5.41, 5.74) is 1.69. The van der Waals surface area contributed by atoms with Crippen LogP contribution in [0.4, 0.5) is 0 Å². The fraction of sp³-hybridized carbons (Fsp3) is 0.222. The van der Waals surface area contributed by atoms with Gasteiger partial charge in [-0.1, -0.05) is 17.7 Å². The van der Waals surface area contributed by atoms with E-state index in [1.165, 1.54) is 0 Å². The van der Waals surface area contributed by atoms with Crippen molar-refractivity contribution in [3.05, 3.63) is 81.7 Å². The molecule has 1 N–H and O–H groups in total. The zero-order valence-corrected chi connectivity index (χ0v) is 13.2. The second kappa shape index (κ2) is 6.03. The first-order valence-corrected chi connectivity index (χ1v) is 7.48. The Kier molecular flexibility index (Phi) is 4.10. The van der Waals surface area contributed by atoms with Crippen LogP contribution in [0.3, 0.4) is 0 Å². The van der Waals surface area contributed by atoms with Gasteiger partial charge in [-0.3, -0.25) is 0 Å². The first-order valence-electron chi connectivity index (χ1n) is 7.10. The summed E-state index contributed by atoms with van der Waals surface area (Å²) >= 11 is 6.04. The predicted molar refractivity (Wildman–Crippen MR) is 85.2 cm³/mol. The molecule has 0 spiro atoms. The molecule has 3 nitrogen and oxygen atoms in total. The lowest BCUT2D eigenvalue weighted by atomic mass is 9.90. The first-order chi connectivity index (χ1) is 10.6. The Bertz CT molecular complexity index is 745. The highest BCUT2D eigenvalue weighted by atomic mass is 35.5. The molecule has 0 amide bonds. The highest BCUT2D eigenvalue weighted by molar-refractivity contribution is 6.30. The number of halogens is 1. The molecule has 2 heterocycles. The van der Waals surface area contributed by atoms with Gasteiger partial charge in [0.15, 0.2) is 0 Å². The normalized spacial score (nSPS) is 11.3. The average Bonchev–Trinajstić information content (AvgIpc) is 3.10. The van der Waals surface area contributed by atoms with Gasteiger partial charge in [-0.25, -0.2) is 0 Å². The molecular formula is C18H17ClO3. The lowest BCUT2D eigenvalue weighted by Gasteiger charge is -2.16. The van der Waals surface area contributed by atoms with Gasteiger partial charge in [0.2, 0.25) is 0 Å². The van der Waals surface area contributed by atoms with E-state index in [9.17, 15) is 5.11 Å². The third-order valence-corrected chi connectivity index (χ3v) is 3.91. The molecule has 3 rings (SSSR count). The van der Waals surface area contributed by atoms with E-state index in [0.29, 0.717) is 5.02 Å². The van der Waals surface area contributed by atoms with Crippen molar-refractivity contribution in [2.45, 2.75) is 26.4 Å². The van der Waals surface area contributed by atoms with Crippen LogP contribution in [0.25, 0.3) is 0 Å². The monoisotopic (exact) mass is 316 g/mol. The van der Waals surface area contributed by atoms with Gasteiger partial charge in [0, 0.05) is 5.02 Å². The standard InChI is InChI=1S/C18H17ClO3/c1-11-3-7-16(21-11)18(17-8-4-12(2)22-17)15-6-5-14(19)9-13(15)10-20/h3-9,18,20H,10H2,1-2H3. The number of aliphatic hydroxyl groups is 1. The van der Waals surface area contributed by atoms with E-state index >= 15 is 0 Å². The lowest BCUT2D eigenvalue weighted by molar-refractivity contribution is 0.280. The number of hydrogen-bond acceptors (Lipinski definition) is 3. The molecular weight excluding hydrogens is 300 g/mol. The lowest BCUT2D eigenvalue weighted by Crippen LogP contribution is -2.05. The van der Waals surface area contributed by atoms with Crippen molar-refractivity contribution in [2.75, 3.05) is 0 Å². The first kappa shape index (κ1) is 14.9. The SMILES string of the molecule is Cc1ccc(C(c2ccc(C)o2)c2ccc(Cl)cc2CO)o1. The quantitative estimate of drug-likeness (QED) is 0.751. The fourth-order valence-corrected chi connectivity index (χ4v) is 2.85. The molecule has 0 saturated carbocycles. The van der Waals surface area contributed by atoms with Gasteiger partial charge in [0.25, 0.3) is 0 Å². The Morgan fingerprint density at radius 1 is 0.955 bits per heavy atom. The van der Waals surface area contributed by atoms with Crippen LogP contribution >= 0.6 is 11.6 Å². The van der Waals surface area contributed by atoms with E-state index in [0.717, 1.165) is 34.2 Å². The van der Waals surface area contributed by atoms with Crippen LogP contribution in [-0.4, -0.2) is 5.11 Å². The summed E-state index contributed by atoms with van der Waals surface area (Å²) in [6, 6.07) is 13.2. The molecule has 2 aromatic heterocycles. The molecule has 0 radical (unpaired) electrons. The summed E-state index contributed by atoms with van der Waals surface area (Å²) in [5.74, 6) is 3.03. The Balaban J connectivity index is 2.17. The topological polar surface area (TPSA) is 46.5 Å². The summed E-state index contributed by atoms with van der Waals surface area (Å²) in [6.07, 6.45) is 0. The van der Waals surface area contributed by atoms with Gasteiger partial charge in [-0.15, -0.1) is 0 Å². The molecule has 0 atom stereocenters. The van der Waals surface area contributed by atoms with Gasteiger partial charge in [-0.2, -0.15) is 0 Å². The summed E-state index contributed by atoms with van der Waals surface area (Å²) in [4.78, 5) is 0. The van der Waals surface area contributed by atoms with E-state index in [1.807, 2.05) is 50.2 Å². The van der Waals surface area contributed by atoms with Crippen molar-refractivity contribution in [1.82, 2.24) is 0 Å². The molecule has 1 aromatic carbocycles. The fourth-order valence-electron chi connectivity index (χ4n) is 2.66. The molecule has 0 unspecified atom stereocenters. The second-order valence-corrected chi connectivity index (χ2v) is 5.77. The summed E-state index contributed by atoms with van der Waals surface area (Å²) in [7, 11) is 0. The zero-order chi connectivity index (χ0) is 15.7. The molecule has 3 aromatic rings. The van der Waals surface area contributed by atoms with Gasteiger partial charge >= 0.3 is 0 Å². The number of hydrogen-bond donors (Lipinski definition) is 1. The minimum atomic E-state index is -0.207. The van der Waals surface area contributed by atoms with Crippen molar-refractivity contribution in [3.8, 4) is 0 Å². The van der Waals surface area contributed by atoms with Crippen LogP contribution in [0, 0.1) is 13.8 Å². The predicted octanol–water partition coefficient (Wildman–Crippen LogP) is 4.82. The highest BCUT2D eigenvalue weighted by Crippen LogP contribution is 2.36. The van der Waals surface area contributed by atoms with Crippen LogP contribution in [0.15, 0.2) is 51.3 Å². The molecule has 0 aliphatic carbocycles. The molecule has 0 aliphatic heterocycles. The number of aliphatic hydroxyl groups excluding tert-OH is 1. The van der Waals surface area contributed by atoms with Crippen molar-refractivity contribution < 1.29 is 13.9 Å². The molecule has 114 valence electrons. The molecule has 0 saturated heterocycles. The van der Waals surface area contributed by atoms with Gasteiger partial charge < -0.3 is 13.9 Å². The molecule has 0 fully saturated rings. The van der Waals surface area contributed by atoms with E-state index in [1.54, 1.807) is 6.07 Å². The molecule has 0 aliphatic rings. The maximum absolute atomic E-state index is 9.68. The maximum atomic E-state index is 9.68. The van der Waals surface area contributed by atoms with Gasteiger partial charge in [-0.05, 0) is 61.4 Å². The van der Waals surface area contributed by atoms with Gasteiger partial charge in [0.05, 0.1) is 6.61 Å². The van der Waals surface area contributed by atoms with E-state index in [4.69, 9.17) is 20.4 Å². The minimum absolute atomic E-state index is 0.0915. The molecule has 0 bridgehead atoms. The third kappa shape index (κ3) is 2.82. The summed E-state index contributed by atoms with van der Waals surface area (Å²) in [5, 5.41) is 10.3. The Morgan fingerprint density at radius 3 is 2.00 bits per heavy atom. The van der Waals surface area contributed by atoms with Crippen LogP contribution in [0.1, 0.15) is 40.1 Å². The van der Waals surface area contributed by atoms with Crippen LogP contribution in [-0.2, 0) is 6.61 Å². The summed E-state index contributed by atoms with van der Waals surface area (Å²) < 4.78 is 11.6. The van der Waals surface area contributed by atoms with Crippen molar-refractivity contribution in [2.24, 2.45) is 0 Å². The number of aryl methyl sites for hydroxylation is 2. The minimum Gasteiger partial charge on any atom is -0.465 e. The highest BCUT2D eigenvalue weighted by Gasteiger charge is 2.25. The largest absolute Gasteiger partial charge is 0.465 e. The number of furan rings is 2. The summed E-state index contributed by atoms with van der Waals surface area (Å²) in [6.45, 7) is 3.72. The Labute approximate surface area is 134 Å². The smallest absolute Gasteiger partial charge is 0.119 e. The zero-order valence-electron chi connectivity index (χ0n) is 12.5.